The molecule has 1 aliphatic rings. The molecule has 1 nitrogen and oxygen atoms in total. The van der Waals surface area contributed by atoms with Crippen molar-refractivity contribution < 1.29 is 19.4 Å². The Morgan fingerprint density at radius 2 is 1.67 bits per heavy atom. The van der Waals surface area contributed by atoms with Crippen molar-refractivity contribution in [2.45, 2.75) is 41.5 Å². The second kappa shape index (κ2) is 4.01. The van der Waals surface area contributed by atoms with E-state index in [1.54, 1.807) is 0 Å². The number of hydrogen-bond donors (Lipinski definition) is 1. The van der Waals surface area contributed by atoms with Gasteiger partial charge in [0.2, 0.25) is 0 Å². The van der Waals surface area contributed by atoms with Gasteiger partial charge in [-0.05, 0) is 0 Å². The first kappa shape index (κ1) is 12.9. The fourth-order valence-electron chi connectivity index (χ4n) is 1.40. The van der Waals surface area contributed by atoms with Crippen molar-refractivity contribution in [1.82, 2.24) is 5.32 Å². The summed E-state index contributed by atoms with van der Waals surface area (Å²) in [5, 5.41) is 3.54. The molecule has 0 atom stereocenters. The van der Waals surface area contributed by atoms with Crippen LogP contribution in [0.15, 0.2) is 23.5 Å². The van der Waals surface area contributed by atoms with Crippen molar-refractivity contribution in [2.24, 2.45) is 10.8 Å². The molecule has 0 saturated carbocycles. The Bertz CT molecular complexity index is 335. The van der Waals surface area contributed by atoms with Gasteiger partial charge in [-0.1, -0.05) is 0 Å². The average Bonchev–Trinajstić information content (AvgIpc) is 2.27. The van der Waals surface area contributed by atoms with Crippen LogP contribution in [-0.2, 0) is 19.4 Å². The van der Waals surface area contributed by atoms with Gasteiger partial charge >= 0.3 is 104 Å². The van der Waals surface area contributed by atoms with E-state index in [1.807, 2.05) is 0 Å². The van der Waals surface area contributed by atoms with Crippen LogP contribution in [0.25, 0.3) is 0 Å². The van der Waals surface area contributed by atoms with E-state index < -0.39 is 0 Å². The Morgan fingerprint density at radius 1 is 1.13 bits per heavy atom. The number of rotatable bonds is 0. The third kappa shape index (κ3) is 3.72. The molecule has 0 unspecified atom stereocenters. The first-order chi connectivity index (χ1) is 6.59. The first-order valence-corrected chi connectivity index (χ1v) is 6.83. The van der Waals surface area contributed by atoms with Gasteiger partial charge in [-0.25, -0.2) is 0 Å². The van der Waals surface area contributed by atoms with Crippen LogP contribution in [0.4, 0.5) is 0 Å². The van der Waals surface area contributed by atoms with Gasteiger partial charge in [0, 0.05) is 0 Å². The van der Waals surface area contributed by atoms with Gasteiger partial charge in [0.25, 0.3) is 0 Å². The molecule has 0 radical (unpaired) electrons. The molecule has 0 aromatic rings. The van der Waals surface area contributed by atoms with Crippen molar-refractivity contribution in [3.8, 4) is 0 Å². The van der Waals surface area contributed by atoms with E-state index in [9.17, 15) is 0 Å². The van der Waals surface area contributed by atoms with E-state index in [1.165, 1.54) is 34.6 Å². The van der Waals surface area contributed by atoms with E-state index in [-0.39, 0.29) is 10.8 Å². The Balaban J connectivity index is 2.91. The molecule has 1 heterocycles. The van der Waals surface area contributed by atoms with E-state index in [0.717, 1.165) is 0 Å². The van der Waals surface area contributed by atoms with Crippen LogP contribution in [0.2, 0.25) is 0 Å². The molecule has 84 valence electrons. The van der Waals surface area contributed by atoms with E-state index in [4.69, 9.17) is 0 Å². The molecule has 0 bridgehead atoms. The van der Waals surface area contributed by atoms with E-state index in [0.29, 0.717) is 0 Å². The predicted molar refractivity (Wildman–Crippen MR) is 63.2 cm³/mol. The minimum atomic E-state index is 0.216. The summed E-state index contributed by atoms with van der Waals surface area (Å²) in [4.78, 5) is 0. The fraction of sp³-hybridized carbons (Fsp3) is 0.615. The quantitative estimate of drug-likeness (QED) is 0.686. The Morgan fingerprint density at radius 3 is 2.00 bits per heavy atom. The Kier molecular flexibility index (Phi) is 3.45. The molecule has 1 N–H and O–H groups in total. The molecule has 0 fully saturated rings. The topological polar surface area (TPSA) is 12.0 Å². The molecule has 0 aliphatic carbocycles. The summed E-state index contributed by atoms with van der Waals surface area (Å²) in [5.74, 6) is 0. The molecular weight excluding hydrogens is 354 g/mol. The maximum atomic E-state index is 3.54. The third-order valence-electron chi connectivity index (χ3n) is 2.20. The molecule has 0 aromatic heterocycles. The van der Waals surface area contributed by atoms with Crippen LogP contribution in [0, 0.1) is 10.8 Å². The van der Waals surface area contributed by atoms with Gasteiger partial charge < -0.3 is 0 Å². The van der Waals surface area contributed by atoms with Crippen molar-refractivity contribution >= 4 is 3.90 Å². The maximum absolute atomic E-state index is 3.54. The predicted octanol–water partition coefficient (Wildman–Crippen LogP) is 3.17. The standard InChI is InChI=1S/C13H21N.W/c1-12(2,3)9-10-7-8-11(14-10)13(4,5)6;/h8-9,14H,1-6H3;. The van der Waals surface area contributed by atoms with Crippen molar-refractivity contribution in [3.63, 3.8) is 0 Å². The molecule has 0 amide bonds. The van der Waals surface area contributed by atoms with Gasteiger partial charge in [0.05, 0.1) is 0 Å². The van der Waals surface area contributed by atoms with Crippen LogP contribution in [0.3, 0.4) is 0 Å². The summed E-state index contributed by atoms with van der Waals surface area (Å²) in [6, 6.07) is 0. The number of allylic oxidation sites excluding steroid dienone is 3. The zero-order valence-corrected chi connectivity index (χ0v) is 13.5. The SMILES string of the molecule is CC(C)(C)C=C1NC(C(C)(C)C)=C[C]1=[W]. The van der Waals surface area contributed by atoms with Gasteiger partial charge in [0.1, 0.15) is 0 Å². The summed E-state index contributed by atoms with van der Waals surface area (Å²) < 4.78 is 1.43. The van der Waals surface area contributed by atoms with Gasteiger partial charge in [-0.2, -0.15) is 0 Å². The molecule has 0 spiro atoms. The molecule has 1 aliphatic heterocycles. The monoisotopic (exact) mass is 375 g/mol. The molecule has 0 aromatic carbocycles. The molecule has 15 heavy (non-hydrogen) atoms. The van der Waals surface area contributed by atoms with E-state index >= 15 is 0 Å². The molecule has 1 rings (SSSR count). The van der Waals surface area contributed by atoms with Crippen molar-refractivity contribution in [2.75, 3.05) is 0 Å². The molecular formula is C13H21NW. The van der Waals surface area contributed by atoms with Crippen LogP contribution in [-0.4, -0.2) is 3.90 Å². The van der Waals surface area contributed by atoms with E-state index in [2.05, 4.69) is 59.0 Å². The van der Waals surface area contributed by atoms with Crippen LogP contribution in [0.1, 0.15) is 41.5 Å². The van der Waals surface area contributed by atoms with Gasteiger partial charge in [0.15, 0.2) is 0 Å². The number of hydrogen-bond acceptors (Lipinski definition) is 1. The number of nitrogens with one attached hydrogen (secondary N) is 1. The second-order valence-electron chi connectivity index (χ2n) is 6.22. The minimum absolute atomic E-state index is 0.216. The zero-order chi connectivity index (χ0) is 11.9. The third-order valence-corrected chi connectivity index (χ3v) is 3.41. The molecule has 2 heteroatoms. The average molecular weight is 375 g/mol. The van der Waals surface area contributed by atoms with Crippen LogP contribution < -0.4 is 5.32 Å². The summed E-state index contributed by atoms with van der Waals surface area (Å²) in [7, 11) is 0. The Labute approximate surface area is 104 Å². The summed E-state index contributed by atoms with van der Waals surface area (Å²) in [6.07, 6.45) is 4.62. The Hall–Kier alpha value is -0.162. The summed E-state index contributed by atoms with van der Waals surface area (Å²) in [5.41, 5.74) is 3.10. The normalized spacial score (nSPS) is 20.5. The van der Waals surface area contributed by atoms with Gasteiger partial charge in [-0.15, -0.1) is 0 Å². The second-order valence-corrected chi connectivity index (χ2v) is 7.80. The van der Waals surface area contributed by atoms with Gasteiger partial charge in [-0.3, -0.25) is 0 Å². The first-order valence-electron chi connectivity index (χ1n) is 5.36. The summed E-state index contributed by atoms with van der Waals surface area (Å²) >= 11 is 1.53. The fourth-order valence-corrected chi connectivity index (χ4v) is 2.21. The van der Waals surface area contributed by atoms with Crippen molar-refractivity contribution in [1.29, 1.82) is 0 Å². The molecule has 0 saturated heterocycles. The van der Waals surface area contributed by atoms with Crippen LogP contribution in [0.5, 0.6) is 0 Å². The van der Waals surface area contributed by atoms with Crippen molar-refractivity contribution in [3.05, 3.63) is 23.5 Å². The summed E-state index contributed by atoms with van der Waals surface area (Å²) in [6.45, 7) is 13.4. The van der Waals surface area contributed by atoms with Crippen LogP contribution >= 0.6 is 0 Å². The zero-order valence-electron chi connectivity index (χ0n) is 10.6.